The Bertz CT molecular complexity index is 598. The molecule has 3 rings (SSSR count). The highest BCUT2D eigenvalue weighted by atomic mass is 16.5. The van der Waals surface area contributed by atoms with E-state index in [2.05, 4.69) is 43.5 Å². The van der Waals surface area contributed by atoms with E-state index < -0.39 is 0 Å². The maximum atomic E-state index is 5.96. The Morgan fingerprint density at radius 3 is 2.73 bits per heavy atom. The molecule has 22 heavy (non-hydrogen) atoms. The Balaban J connectivity index is 2.19. The number of hydrogen-bond acceptors (Lipinski definition) is 2. The second kappa shape index (κ2) is 7.04. The summed E-state index contributed by atoms with van der Waals surface area (Å²) in [5.74, 6) is 1.05. The van der Waals surface area contributed by atoms with Gasteiger partial charge in [0.05, 0.1) is 5.69 Å². The zero-order chi connectivity index (χ0) is 15.4. The number of allylic oxidation sites excluding steroid dienone is 4. The molecule has 0 bridgehead atoms. The fourth-order valence-corrected chi connectivity index (χ4v) is 3.52. The van der Waals surface area contributed by atoms with Crippen molar-refractivity contribution >= 4 is 11.3 Å². The van der Waals surface area contributed by atoms with Gasteiger partial charge in [0.15, 0.2) is 0 Å². The molecule has 1 aliphatic carbocycles. The summed E-state index contributed by atoms with van der Waals surface area (Å²) in [6.45, 7) is 6.19. The van der Waals surface area contributed by atoms with Crippen LogP contribution in [-0.4, -0.2) is 13.2 Å². The Labute approximate surface area is 134 Å². The van der Waals surface area contributed by atoms with Crippen molar-refractivity contribution < 1.29 is 4.74 Å². The third-order valence-corrected chi connectivity index (χ3v) is 4.46. The first-order chi connectivity index (χ1) is 10.8. The molecule has 1 aliphatic heterocycles. The van der Waals surface area contributed by atoms with Crippen molar-refractivity contribution in [1.29, 1.82) is 0 Å². The lowest BCUT2D eigenvalue weighted by Crippen LogP contribution is -2.20. The van der Waals surface area contributed by atoms with Crippen molar-refractivity contribution in [3.05, 3.63) is 41.0 Å². The lowest BCUT2D eigenvalue weighted by molar-refractivity contribution is 0.322. The molecule has 0 amide bonds. The van der Waals surface area contributed by atoms with Crippen LogP contribution in [0.5, 0.6) is 5.75 Å². The van der Waals surface area contributed by atoms with Gasteiger partial charge in [-0.15, -0.1) is 0 Å². The maximum Gasteiger partial charge on any atom is 0.143 e. The molecule has 0 saturated carbocycles. The molecule has 0 spiro atoms. The Kier molecular flexibility index (Phi) is 4.87. The first kappa shape index (κ1) is 15.2. The van der Waals surface area contributed by atoms with Crippen LogP contribution in [0.25, 0.3) is 5.57 Å². The van der Waals surface area contributed by atoms with Crippen LogP contribution in [0.1, 0.15) is 56.2 Å². The predicted octanol–water partition coefficient (Wildman–Crippen LogP) is 5.13. The fourth-order valence-electron chi connectivity index (χ4n) is 3.52. The Morgan fingerprint density at radius 2 is 2.00 bits per heavy atom. The van der Waals surface area contributed by atoms with Crippen LogP contribution in [-0.2, 0) is 12.8 Å². The van der Waals surface area contributed by atoms with Gasteiger partial charge in [0.1, 0.15) is 12.4 Å². The second-order valence-corrected chi connectivity index (χ2v) is 6.18. The molecule has 2 nitrogen and oxygen atoms in total. The second-order valence-electron chi connectivity index (χ2n) is 6.18. The van der Waals surface area contributed by atoms with Crippen molar-refractivity contribution in [3.63, 3.8) is 0 Å². The van der Waals surface area contributed by atoms with Crippen LogP contribution in [0.2, 0.25) is 0 Å². The molecule has 2 heteroatoms. The van der Waals surface area contributed by atoms with Gasteiger partial charge in [-0.3, -0.25) is 0 Å². The van der Waals surface area contributed by atoms with Gasteiger partial charge in [-0.2, -0.15) is 0 Å². The zero-order valence-electron chi connectivity index (χ0n) is 13.9. The number of rotatable bonds is 5. The Morgan fingerprint density at radius 1 is 1.14 bits per heavy atom. The van der Waals surface area contributed by atoms with Gasteiger partial charge < -0.3 is 10.1 Å². The molecule has 1 aromatic rings. The quantitative estimate of drug-likeness (QED) is 0.813. The van der Waals surface area contributed by atoms with Crippen LogP contribution in [0, 0.1) is 0 Å². The molecule has 0 aromatic heterocycles. The summed E-state index contributed by atoms with van der Waals surface area (Å²) < 4.78 is 5.96. The van der Waals surface area contributed by atoms with E-state index in [9.17, 15) is 0 Å². The van der Waals surface area contributed by atoms with Gasteiger partial charge >= 0.3 is 0 Å². The first-order valence-electron chi connectivity index (χ1n) is 8.77. The highest BCUT2D eigenvalue weighted by Crippen LogP contribution is 2.41. The average Bonchev–Trinajstić information content (AvgIpc) is 2.56. The lowest BCUT2D eigenvalue weighted by atomic mass is 9.86. The highest BCUT2D eigenvalue weighted by Gasteiger charge is 2.22. The molecular weight excluding hydrogens is 270 g/mol. The van der Waals surface area contributed by atoms with Crippen LogP contribution in [0.4, 0.5) is 5.69 Å². The van der Waals surface area contributed by atoms with E-state index in [1.54, 1.807) is 0 Å². The molecule has 0 radical (unpaired) electrons. The summed E-state index contributed by atoms with van der Waals surface area (Å²) in [6.07, 6.45) is 13.9. The molecular formula is C20H27NO. The normalized spacial score (nSPS) is 16.5. The van der Waals surface area contributed by atoms with Crippen molar-refractivity contribution in [1.82, 2.24) is 0 Å². The smallest absolute Gasteiger partial charge is 0.143 e. The topological polar surface area (TPSA) is 21.3 Å². The minimum absolute atomic E-state index is 0.764. The van der Waals surface area contributed by atoms with E-state index in [0.717, 1.165) is 44.6 Å². The minimum atomic E-state index is 0.764. The van der Waals surface area contributed by atoms with E-state index in [0.29, 0.717) is 0 Å². The molecule has 1 heterocycles. The third-order valence-electron chi connectivity index (χ3n) is 4.46. The summed E-state index contributed by atoms with van der Waals surface area (Å²) in [6, 6.07) is 2.28. The summed E-state index contributed by atoms with van der Waals surface area (Å²) in [5.41, 5.74) is 6.99. The fraction of sp³-hybridized carbons (Fsp3) is 0.500. The molecule has 1 N–H and O–H groups in total. The zero-order valence-corrected chi connectivity index (χ0v) is 13.9. The van der Waals surface area contributed by atoms with Crippen LogP contribution < -0.4 is 10.1 Å². The predicted molar refractivity (Wildman–Crippen MR) is 94.8 cm³/mol. The lowest BCUT2D eigenvalue weighted by Gasteiger charge is -2.27. The number of hydrogen-bond donors (Lipinski definition) is 1. The largest absolute Gasteiger partial charge is 0.490 e. The number of nitrogens with one attached hydrogen (secondary N) is 1. The van der Waals surface area contributed by atoms with Gasteiger partial charge in [-0.1, -0.05) is 44.9 Å². The molecule has 0 saturated heterocycles. The van der Waals surface area contributed by atoms with Crippen molar-refractivity contribution in [2.45, 2.75) is 52.4 Å². The van der Waals surface area contributed by atoms with Crippen LogP contribution in [0.3, 0.4) is 0 Å². The van der Waals surface area contributed by atoms with E-state index in [1.807, 2.05) is 0 Å². The van der Waals surface area contributed by atoms with Crippen molar-refractivity contribution in [2.75, 3.05) is 18.5 Å². The van der Waals surface area contributed by atoms with Gasteiger partial charge in [-0.25, -0.2) is 0 Å². The van der Waals surface area contributed by atoms with Crippen LogP contribution >= 0.6 is 0 Å². The summed E-state index contributed by atoms with van der Waals surface area (Å²) in [4.78, 5) is 0. The van der Waals surface area contributed by atoms with Crippen molar-refractivity contribution in [3.8, 4) is 5.75 Å². The molecule has 0 atom stereocenters. The van der Waals surface area contributed by atoms with Gasteiger partial charge in [-0.05, 0) is 48.4 Å². The van der Waals surface area contributed by atoms with Gasteiger partial charge in [0, 0.05) is 12.1 Å². The molecule has 2 aliphatic rings. The number of anilines is 1. The monoisotopic (exact) mass is 297 g/mol. The van der Waals surface area contributed by atoms with E-state index in [-0.39, 0.29) is 0 Å². The summed E-state index contributed by atoms with van der Waals surface area (Å²) >= 11 is 0. The van der Waals surface area contributed by atoms with Gasteiger partial charge in [0.2, 0.25) is 0 Å². The number of benzene rings is 1. The third kappa shape index (κ3) is 2.92. The molecule has 0 unspecified atom stereocenters. The van der Waals surface area contributed by atoms with E-state index in [1.165, 1.54) is 40.8 Å². The Hall–Kier alpha value is -1.70. The van der Waals surface area contributed by atoms with Crippen LogP contribution in [0.15, 0.2) is 24.3 Å². The minimum Gasteiger partial charge on any atom is -0.490 e. The maximum absolute atomic E-state index is 5.96. The van der Waals surface area contributed by atoms with Crippen molar-refractivity contribution in [2.24, 2.45) is 0 Å². The SMILES string of the molecule is CCCc1cc2c(c(C3=CCCC=C3)c1CCC)NCCO2. The highest BCUT2D eigenvalue weighted by molar-refractivity contribution is 5.88. The molecule has 118 valence electrons. The van der Waals surface area contributed by atoms with Gasteiger partial charge in [0.25, 0.3) is 0 Å². The summed E-state index contributed by atoms with van der Waals surface area (Å²) in [5, 5.41) is 3.60. The summed E-state index contributed by atoms with van der Waals surface area (Å²) in [7, 11) is 0. The van der Waals surface area contributed by atoms with E-state index in [4.69, 9.17) is 4.74 Å². The number of ether oxygens (including phenoxy) is 1. The van der Waals surface area contributed by atoms with E-state index >= 15 is 0 Å². The standard InChI is InChI=1S/C20H27NO/c1-3-8-16-14-18-20(21-12-13-22-18)19(17(16)9-4-2)15-10-6-5-7-11-15/h6,10-11,14,21H,3-5,7-9,12-13H2,1-2H3. The average molecular weight is 297 g/mol. The molecule has 1 aromatic carbocycles. The molecule has 0 fully saturated rings. The number of fused-ring (bicyclic) bond motifs is 1. The number of aryl methyl sites for hydroxylation is 1. The first-order valence-corrected chi connectivity index (χ1v) is 8.77.